The average Bonchev–Trinajstić information content (AvgIpc) is 2.90. The van der Waals surface area contributed by atoms with Gasteiger partial charge in [0.25, 0.3) is 0 Å². The van der Waals surface area contributed by atoms with Crippen molar-refractivity contribution in [2.75, 3.05) is 5.73 Å². The van der Waals surface area contributed by atoms with Crippen LogP contribution >= 0.6 is 15.9 Å². The first-order chi connectivity index (χ1) is 8.24. The molecule has 0 spiro atoms. The lowest BCUT2D eigenvalue weighted by Crippen LogP contribution is -2.05. The maximum Gasteiger partial charge on any atom is 0.213 e. The molecule has 0 aliphatic carbocycles. The fourth-order valence-electron chi connectivity index (χ4n) is 1.68. The van der Waals surface area contributed by atoms with E-state index in [4.69, 9.17) is 10.3 Å². The summed E-state index contributed by atoms with van der Waals surface area (Å²) < 4.78 is 7.50. The summed E-state index contributed by atoms with van der Waals surface area (Å²) in [7, 11) is 0. The first-order valence-corrected chi connectivity index (χ1v) is 5.70. The molecular formula is C10H8BrN5O. The highest BCUT2D eigenvalue weighted by molar-refractivity contribution is 9.10. The van der Waals surface area contributed by atoms with E-state index < -0.39 is 0 Å². The van der Waals surface area contributed by atoms with E-state index >= 15 is 0 Å². The van der Waals surface area contributed by atoms with Crippen molar-refractivity contribution in [2.24, 2.45) is 0 Å². The van der Waals surface area contributed by atoms with Crippen LogP contribution < -0.4 is 5.73 Å². The van der Waals surface area contributed by atoms with Gasteiger partial charge in [-0.3, -0.25) is 0 Å². The van der Waals surface area contributed by atoms with E-state index in [-0.39, 0.29) is 0 Å². The molecule has 0 saturated carbocycles. The van der Waals surface area contributed by atoms with Crippen LogP contribution in [0, 0.1) is 0 Å². The third-order valence-corrected chi connectivity index (χ3v) is 2.94. The van der Waals surface area contributed by atoms with Crippen molar-refractivity contribution in [3.05, 3.63) is 34.9 Å². The predicted molar refractivity (Wildman–Crippen MR) is 65.2 cm³/mol. The summed E-state index contributed by atoms with van der Waals surface area (Å²) in [5, 5.41) is 3.76. The molecule has 0 radical (unpaired) electrons. The zero-order valence-corrected chi connectivity index (χ0v) is 10.3. The molecule has 0 fully saturated rings. The molecule has 0 saturated heterocycles. The molecule has 86 valence electrons. The number of hydrogen-bond donors (Lipinski definition) is 1. The van der Waals surface area contributed by atoms with Crippen LogP contribution in [0.1, 0.15) is 5.82 Å². The van der Waals surface area contributed by atoms with Crippen LogP contribution in [-0.4, -0.2) is 19.7 Å². The Morgan fingerprint density at radius 3 is 3.06 bits per heavy atom. The number of anilines is 1. The molecule has 7 heteroatoms. The monoisotopic (exact) mass is 293 g/mol. The van der Waals surface area contributed by atoms with Gasteiger partial charge in [-0.15, -0.1) is 0 Å². The Morgan fingerprint density at radius 2 is 2.29 bits per heavy atom. The molecule has 1 aromatic carbocycles. The van der Waals surface area contributed by atoms with E-state index in [0.717, 1.165) is 15.5 Å². The van der Waals surface area contributed by atoms with Gasteiger partial charge < -0.3 is 14.8 Å². The third-order valence-electron chi connectivity index (χ3n) is 2.45. The Hall–Kier alpha value is -1.89. The highest BCUT2D eigenvalue weighted by Crippen LogP contribution is 2.22. The normalized spacial score (nSPS) is 11.1. The Bertz CT molecular complexity index is 661. The molecule has 6 nitrogen and oxygen atoms in total. The van der Waals surface area contributed by atoms with Crippen LogP contribution in [0.5, 0.6) is 0 Å². The molecule has 2 aromatic heterocycles. The number of nitrogens with zero attached hydrogens (tertiary/aromatic N) is 4. The van der Waals surface area contributed by atoms with Crippen molar-refractivity contribution in [1.82, 2.24) is 19.7 Å². The van der Waals surface area contributed by atoms with Gasteiger partial charge in [0.1, 0.15) is 0 Å². The molecular weight excluding hydrogens is 286 g/mol. The molecule has 2 N–H and O–H groups in total. The van der Waals surface area contributed by atoms with Crippen LogP contribution in [0.4, 0.5) is 5.95 Å². The minimum absolute atomic E-state index is 0.433. The summed E-state index contributed by atoms with van der Waals surface area (Å²) in [6.07, 6.45) is 1.29. The second-order valence-electron chi connectivity index (χ2n) is 3.54. The number of halogens is 1. The lowest BCUT2D eigenvalue weighted by Gasteiger charge is -2.02. The molecule has 0 unspecified atom stereocenters. The van der Waals surface area contributed by atoms with Crippen molar-refractivity contribution >= 4 is 32.9 Å². The number of fused-ring (bicyclic) bond motifs is 1. The summed E-state index contributed by atoms with van der Waals surface area (Å²) in [5.41, 5.74) is 7.64. The van der Waals surface area contributed by atoms with Crippen LogP contribution in [0.3, 0.4) is 0 Å². The second kappa shape index (κ2) is 3.85. The Labute approximate surface area is 105 Å². The zero-order valence-electron chi connectivity index (χ0n) is 8.67. The molecule has 3 rings (SSSR count). The highest BCUT2D eigenvalue weighted by Gasteiger charge is 2.10. The molecule has 3 aromatic rings. The first-order valence-electron chi connectivity index (χ1n) is 4.90. The molecule has 0 atom stereocenters. The number of hydrogen-bond acceptors (Lipinski definition) is 5. The van der Waals surface area contributed by atoms with Crippen molar-refractivity contribution in [3.63, 3.8) is 0 Å². The Kier molecular flexibility index (Phi) is 2.32. The highest BCUT2D eigenvalue weighted by atomic mass is 79.9. The minimum Gasteiger partial charge on any atom is -0.369 e. The molecule has 0 aliphatic heterocycles. The van der Waals surface area contributed by atoms with Gasteiger partial charge in [-0.2, -0.15) is 4.98 Å². The molecule has 17 heavy (non-hydrogen) atoms. The standard InChI is InChI=1S/C10H8BrN5O/c11-6-1-2-7-8(3-6)16(10(12)14-7)4-9-13-5-17-15-9/h1-3,5H,4H2,(H2,12,14). The predicted octanol–water partition coefficient (Wildman–Crippen LogP) is 1.81. The number of rotatable bonds is 2. The van der Waals surface area contributed by atoms with Crippen molar-refractivity contribution in [2.45, 2.75) is 6.54 Å². The Balaban J connectivity index is 2.14. The lowest BCUT2D eigenvalue weighted by atomic mass is 10.3. The summed E-state index contributed by atoms with van der Waals surface area (Å²) in [4.78, 5) is 8.24. The van der Waals surface area contributed by atoms with E-state index in [2.05, 4.69) is 31.1 Å². The summed E-state index contributed by atoms with van der Waals surface area (Å²) >= 11 is 3.42. The number of nitrogen functional groups attached to an aromatic ring is 1. The maximum absolute atomic E-state index is 5.87. The van der Waals surface area contributed by atoms with Crippen LogP contribution in [0.25, 0.3) is 11.0 Å². The summed E-state index contributed by atoms with van der Waals surface area (Å²) in [5.74, 6) is 0.999. The van der Waals surface area contributed by atoms with E-state index in [1.807, 2.05) is 22.8 Å². The van der Waals surface area contributed by atoms with Crippen LogP contribution in [-0.2, 0) is 6.54 Å². The van der Waals surface area contributed by atoms with Gasteiger partial charge in [0.05, 0.1) is 17.6 Å². The third kappa shape index (κ3) is 1.78. The average molecular weight is 294 g/mol. The second-order valence-corrected chi connectivity index (χ2v) is 4.45. The molecule has 0 aliphatic rings. The van der Waals surface area contributed by atoms with Gasteiger partial charge in [0.2, 0.25) is 12.3 Å². The number of benzene rings is 1. The summed E-state index contributed by atoms with van der Waals surface area (Å²) in [6, 6.07) is 5.79. The fourth-order valence-corrected chi connectivity index (χ4v) is 2.03. The molecule has 0 bridgehead atoms. The van der Waals surface area contributed by atoms with Crippen LogP contribution in [0.2, 0.25) is 0 Å². The van der Waals surface area contributed by atoms with E-state index in [0.29, 0.717) is 18.3 Å². The van der Waals surface area contributed by atoms with E-state index in [9.17, 15) is 0 Å². The van der Waals surface area contributed by atoms with Gasteiger partial charge in [0.15, 0.2) is 5.82 Å². The van der Waals surface area contributed by atoms with Gasteiger partial charge in [0, 0.05) is 4.47 Å². The van der Waals surface area contributed by atoms with E-state index in [1.54, 1.807) is 0 Å². The number of aromatic nitrogens is 4. The summed E-state index contributed by atoms with van der Waals surface area (Å²) in [6.45, 7) is 0.440. The maximum atomic E-state index is 5.87. The van der Waals surface area contributed by atoms with Gasteiger partial charge in [-0.05, 0) is 18.2 Å². The molecule has 2 heterocycles. The zero-order chi connectivity index (χ0) is 11.8. The number of nitrogens with two attached hydrogens (primary N) is 1. The van der Waals surface area contributed by atoms with Gasteiger partial charge >= 0.3 is 0 Å². The Morgan fingerprint density at radius 1 is 1.41 bits per heavy atom. The van der Waals surface area contributed by atoms with Gasteiger partial charge in [-0.1, -0.05) is 21.1 Å². The topological polar surface area (TPSA) is 82.8 Å². The quantitative estimate of drug-likeness (QED) is 0.779. The van der Waals surface area contributed by atoms with Crippen LogP contribution in [0.15, 0.2) is 33.6 Å². The van der Waals surface area contributed by atoms with Crippen molar-refractivity contribution in [1.29, 1.82) is 0 Å². The minimum atomic E-state index is 0.433. The molecule has 0 amide bonds. The first kappa shape index (κ1) is 10.3. The number of imidazole rings is 1. The van der Waals surface area contributed by atoms with Gasteiger partial charge in [-0.25, -0.2) is 4.98 Å². The largest absolute Gasteiger partial charge is 0.369 e. The fraction of sp³-hybridized carbons (Fsp3) is 0.100. The van der Waals surface area contributed by atoms with E-state index in [1.165, 1.54) is 6.39 Å². The SMILES string of the molecule is Nc1nc2ccc(Br)cc2n1Cc1ncon1. The lowest BCUT2D eigenvalue weighted by molar-refractivity contribution is 0.408. The smallest absolute Gasteiger partial charge is 0.213 e. The van der Waals surface area contributed by atoms with Crippen molar-refractivity contribution < 1.29 is 4.52 Å². The van der Waals surface area contributed by atoms with Crippen molar-refractivity contribution in [3.8, 4) is 0 Å².